The molecule has 0 radical (unpaired) electrons. The summed E-state index contributed by atoms with van der Waals surface area (Å²) >= 11 is 0. The summed E-state index contributed by atoms with van der Waals surface area (Å²) < 4.78 is 13.2. The predicted molar refractivity (Wildman–Crippen MR) is 153 cm³/mol. The number of nitrogens with one attached hydrogen (secondary N) is 2. The van der Waals surface area contributed by atoms with Crippen molar-refractivity contribution in [2.45, 2.75) is 38.3 Å². The van der Waals surface area contributed by atoms with E-state index in [0.29, 0.717) is 57.4 Å². The summed E-state index contributed by atoms with van der Waals surface area (Å²) in [5.74, 6) is -1.45. The molecule has 1 heterocycles. The Labute approximate surface area is 232 Å². The fourth-order valence-corrected chi connectivity index (χ4v) is 4.93. The third-order valence-electron chi connectivity index (χ3n) is 7.16. The number of piperidine rings is 1. The van der Waals surface area contributed by atoms with Crippen LogP contribution >= 0.6 is 0 Å². The second-order valence-corrected chi connectivity index (χ2v) is 9.94. The highest BCUT2D eigenvalue weighted by Crippen LogP contribution is 2.21. The van der Waals surface area contributed by atoms with Crippen molar-refractivity contribution in [3.63, 3.8) is 0 Å². The molecule has 6 N–H and O–H groups in total. The molecule has 1 atom stereocenters. The SMILES string of the molecule is NC(N)=NCCC[C@H](NC(=O)C1CCN(C(=O)c2ccc(F)cc2)CC1)C(=O)NCc1cccc2ccccc12. The molecule has 0 spiro atoms. The van der Waals surface area contributed by atoms with Crippen molar-refractivity contribution in [3.05, 3.63) is 83.7 Å². The first-order valence-electron chi connectivity index (χ1n) is 13.5. The van der Waals surface area contributed by atoms with E-state index in [1.165, 1.54) is 24.3 Å². The van der Waals surface area contributed by atoms with E-state index in [4.69, 9.17) is 11.5 Å². The van der Waals surface area contributed by atoms with Crippen molar-refractivity contribution >= 4 is 34.5 Å². The van der Waals surface area contributed by atoms with Gasteiger partial charge in [-0.3, -0.25) is 19.4 Å². The summed E-state index contributed by atoms with van der Waals surface area (Å²) in [4.78, 5) is 44.8. The number of carbonyl (C=O) groups excluding carboxylic acids is 3. The zero-order valence-electron chi connectivity index (χ0n) is 22.3. The molecule has 0 bridgehead atoms. The van der Waals surface area contributed by atoms with E-state index in [2.05, 4.69) is 15.6 Å². The van der Waals surface area contributed by atoms with Crippen LogP contribution < -0.4 is 22.1 Å². The maximum absolute atomic E-state index is 13.2. The van der Waals surface area contributed by atoms with Gasteiger partial charge in [0.05, 0.1) is 0 Å². The first-order chi connectivity index (χ1) is 19.3. The highest BCUT2D eigenvalue weighted by Gasteiger charge is 2.30. The molecule has 9 nitrogen and oxygen atoms in total. The molecule has 0 unspecified atom stereocenters. The normalized spacial score (nSPS) is 14.4. The number of aliphatic imine (C=N–C) groups is 1. The number of nitrogens with two attached hydrogens (primary N) is 2. The summed E-state index contributed by atoms with van der Waals surface area (Å²) in [6.45, 7) is 1.47. The number of nitrogens with zero attached hydrogens (tertiary/aromatic N) is 2. The highest BCUT2D eigenvalue weighted by atomic mass is 19.1. The van der Waals surface area contributed by atoms with Crippen molar-refractivity contribution in [2.75, 3.05) is 19.6 Å². The molecule has 0 aromatic heterocycles. The van der Waals surface area contributed by atoms with Crippen LogP contribution in [-0.4, -0.2) is 54.3 Å². The smallest absolute Gasteiger partial charge is 0.253 e. The van der Waals surface area contributed by atoms with Crippen LogP contribution in [0.15, 0.2) is 71.7 Å². The molecule has 210 valence electrons. The Morgan fingerprint density at radius 1 is 0.975 bits per heavy atom. The number of hydrogen-bond donors (Lipinski definition) is 4. The minimum Gasteiger partial charge on any atom is -0.370 e. The van der Waals surface area contributed by atoms with Crippen LogP contribution in [0.4, 0.5) is 4.39 Å². The lowest BCUT2D eigenvalue weighted by Crippen LogP contribution is -2.50. The Morgan fingerprint density at radius 2 is 1.68 bits per heavy atom. The molecule has 40 heavy (non-hydrogen) atoms. The van der Waals surface area contributed by atoms with Crippen molar-refractivity contribution < 1.29 is 18.8 Å². The van der Waals surface area contributed by atoms with Crippen LogP contribution in [0, 0.1) is 11.7 Å². The van der Waals surface area contributed by atoms with Gasteiger partial charge in [0.15, 0.2) is 5.96 Å². The van der Waals surface area contributed by atoms with E-state index >= 15 is 0 Å². The van der Waals surface area contributed by atoms with Gasteiger partial charge in [-0.15, -0.1) is 0 Å². The van der Waals surface area contributed by atoms with Gasteiger partial charge in [-0.1, -0.05) is 42.5 Å². The average Bonchev–Trinajstić information content (AvgIpc) is 2.97. The third kappa shape index (κ3) is 7.56. The first kappa shape index (κ1) is 28.5. The molecule has 3 amide bonds. The van der Waals surface area contributed by atoms with Crippen LogP contribution in [0.3, 0.4) is 0 Å². The molecule has 0 saturated carbocycles. The van der Waals surface area contributed by atoms with E-state index < -0.39 is 11.9 Å². The molecule has 0 aliphatic carbocycles. The van der Waals surface area contributed by atoms with Gasteiger partial charge < -0.3 is 27.0 Å². The second-order valence-electron chi connectivity index (χ2n) is 9.94. The number of carbonyl (C=O) groups is 3. The Hall–Kier alpha value is -4.47. The van der Waals surface area contributed by atoms with Gasteiger partial charge in [0.2, 0.25) is 11.8 Å². The Kier molecular flexibility index (Phi) is 9.66. The summed E-state index contributed by atoms with van der Waals surface area (Å²) in [7, 11) is 0. The van der Waals surface area contributed by atoms with E-state index in [1.807, 2.05) is 42.5 Å². The quantitative estimate of drug-likeness (QED) is 0.176. The second kappa shape index (κ2) is 13.5. The van der Waals surface area contributed by atoms with Gasteiger partial charge >= 0.3 is 0 Å². The molecule has 3 aromatic rings. The zero-order valence-corrected chi connectivity index (χ0v) is 22.3. The van der Waals surface area contributed by atoms with E-state index in [0.717, 1.165) is 16.3 Å². The van der Waals surface area contributed by atoms with Gasteiger partial charge in [0.1, 0.15) is 11.9 Å². The number of guanidine groups is 1. The van der Waals surface area contributed by atoms with E-state index in [1.54, 1.807) is 4.90 Å². The van der Waals surface area contributed by atoms with Crippen LogP contribution in [0.1, 0.15) is 41.6 Å². The Morgan fingerprint density at radius 3 is 2.40 bits per heavy atom. The van der Waals surface area contributed by atoms with E-state index in [9.17, 15) is 18.8 Å². The molecule has 1 saturated heterocycles. The minimum atomic E-state index is -0.754. The summed E-state index contributed by atoms with van der Waals surface area (Å²) in [6.07, 6.45) is 1.81. The van der Waals surface area contributed by atoms with Crippen molar-refractivity contribution in [2.24, 2.45) is 22.4 Å². The summed E-state index contributed by atoms with van der Waals surface area (Å²) in [5, 5.41) is 8.04. The number of hydrogen-bond acceptors (Lipinski definition) is 4. The number of amides is 3. The highest BCUT2D eigenvalue weighted by molar-refractivity contribution is 5.94. The number of rotatable bonds is 10. The van der Waals surface area contributed by atoms with Crippen LogP contribution in [0.2, 0.25) is 0 Å². The van der Waals surface area contributed by atoms with Crippen molar-refractivity contribution in [1.82, 2.24) is 15.5 Å². The first-order valence-corrected chi connectivity index (χ1v) is 13.5. The Bertz CT molecular complexity index is 1360. The molecule has 1 aliphatic rings. The minimum absolute atomic E-state index is 0.0251. The molecular weight excluding hydrogens is 511 g/mol. The van der Waals surface area contributed by atoms with Gasteiger partial charge in [0, 0.05) is 37.7 Å². The molecular formula is C30H35FN6O3. The molecule has 1 fully saturated rings. The Balaban J connectivity index is 1.35. The average molecular weight is 547 g/mol. The van der Waals surface area contributed by atoms with Crippen LogP contribution in [0.25, 0.3) is 10.8 Å². The standard InChI is InChI=1S/C30H35FN6O3/c31-24-12-10-22(11-13-24)29(40)37-17-14-21(15-18-37)27(38)36-26(9-4-16-34-30(32)33)28(39)35-19-23-7-3-6-20-5-1-2-8-25(20)23/h1-3,5-8,10-13,21,26H,4,9,14-19H2,(H,35,39)(H,36,38)(H4,32,33,34)/t26-/m0/s1. The van der Waals surface area contributed by atoms with Crippen LogP contribution in [0.5, 0.6) is 0 Å². The van der Waals surface area contributed by atoms with Crippen LogP contribution in [-0.2, 0) is 16.1 Å². The third-order valence-corrected chi connectivity index (χ3v) is 7.16. The molecule has 10 heteroatoms. The fraction of sp³-hybridized carbons (Fsp3) is 0.333. The monoisotopic (exact) mass is 546 g/mol. The maximum Gasteiger partial charge on any atom is 0.253 e. The largest absolute Gasteiger partial charge is 0.370 e. The van der Waals surface area contributed by atoms with Gasteiger partial charge in [-0.05, 0) is 66.3 Å². The lowest BCUT2D eigenvalue weighted by Gasteiger charge is -2.32. The van der Waals surface area contributed by atoms with Crippen molar-refractivity contribution in [3.8, 4) is 0 Å². The molecule has 1 aliphatic heterocycles. The maximum atomic E-state index is 13.2. The van der Waals surface area contributed by atoms with Gasteiger partial charge in [-0.2, -0.15) is 0 Å². The molecule has 3 aromatic carbocycles. The summed E-state index contributed by atoms with van der Waals surface area (Å²) in [6, 6.07) is 18.6. The topological polar surface area (TPSA) is 143 Å². The summed E-state index contributed by atoms with van der Waals surface area (Å²) in [5.41, 5.74) is 12.2. The fourth-order valence-electron chi connectivity index (χ4n) is 4.93. The number of benzene rings is 3. The molecule has 4 rings (SSSR count). The van der Waals surface area contributed by atoms with Gasteiger partial charge in [-0.25, -0.2) is 4.39 Å². The number of likely N-dealkylation sites (tertiary alicyclic amines) is 1. The van der Waals surface area contributed by atoms with E-state index in [-0.39, 0.29) is 29.6 Å². The lowest BCUT2D eigenvalue weighted by molar-refractivity contribution is -0.132. The van der Waals surface area contributed by atoms with Crippen molar-refractivity contribution in [1.29, 1.82) is 0 Å². The number of fused-ring (bicyclic) bond motifs is 1. The zero-order chi connectivity index (χ0) is 28.5. The lowest BCUT2D eigenvalue weighted by atomic mass is 9.94. The number of halogens is 1. The predicted octanol–water partition coefficient (Wildman–Crippen LogP) is 2.69. The van der Waals surface area contributed by atoms with Gasteiger partial charge in [0.25, 0.3) is 5.91 Å².